The first kappa shape index (κ1) is 13.3. The Hall–Kier alpha value is -0.720. The van der Waals surface area contributed by atoms with Gasteiger partial charge in [-0.3, -0.25) is 4.79 Å². The molecule has 4 nitrogen and oxygen atoms in total. The van der Waals surface area contributed by atoms with Crippen molar-refractivity contribution in [3.8, 4) is 0 Å². The molecule has 14 heavy (non-hydrogen) atoms. The molecule has 84 valence electrons. The van der Waals surface area contributed by atoms with E-state index in [9.17, 15) is 22.0 Å². The Kier molecular flexibility index (Phi) is 3.99. The van der Waals surface area contributed by atoms with Crippen LogP contribution in [0.1, 0.15) is 13.8 Å². The second-order valence-corrected chi connectivity index (χ2v) is 6.20. The molecule has 0 aliphatic heterocycles. The molecule has 0 aliphatic rings. The van der Waals surface area contributed by atoms with Gasteiger partial charge in [-0.2, -0.15) is 8.78 Å². The van der Waals surface area contributed by atoms with Gasteiger partial charge in [-0.05, 0) is 13.8 Å². The SMILES string of the molecule is CC(C)(CNC(=O)C(F)F)S(C)(=O)=O. The minimum atomic E-state index is -3.38. The number of hydrogen-bond acceptors (Lipinski definition) is 3. The zero-order valence-corrected chi connectivity index (χ0v) is 8.99. The van der Waals surface area contributed by atoms with Gasteiger partial charge in [0.15, 0.2) is 9.84 Å². The summed E-state index contributed by atoms with van der Waals surface area (Å²) in [5.41, 5.74) is 0. The van der Waals surface area contributed by atoms with E-state index >= 15 is 0 Å². The molecule has 0 aromatic rings. The Morgan fingerprint density at radius 1 is 1.43 bits per heavy atom. The van der Waals surface area contributed by atoms with Crippen LogP contribution in [-0.2, 0) is 14.6 Å². The standard InChI is InChI=1S/C7H13F2NO3S/c1-7(2,14(3,12)13)4-10-6(11)5(8)9/h5H,4H2,1-3H3,(H,10,11). The number of carbonyl (C=O) groups is 1. The summed E-state index contributed by atoms with van der Waals surface area (Å²) in [5.74, 6) is -1.46. The van der Waals surface area contributed by atoms with Crippen LogP contribution in [-0.4, -0.2) is 38.3 Å². The van der Waals surface area contributed by atoms with E-state index < -0.39 is 26.9 Å². The lowest BCUT2D eigenvalue weighted by atomic mass is 10.2. The zero-order chi connectivity index (χ0) is 11.6. The molecule has 1 N–H and O–H groups in total. The molecule has 0 aliphatic carbocycles. The molecule has 0 unspecified atom stereocenters. The lowest BCUT2D eigenvalue weighted by molar-refractivity contribution is -0.131. The molecule has 0 rings (SSSR count). The molecule has 0 spiro atoms. The molecule has 0 heterocycles. The van der Waals surface area contributed by atoms with Crippen molar-refractivity contribution in [1.29, 1.82) is 0 Å². The van der Waals surface area contributed by atoms with Gasteiger partial charge in [-0.25, -0.2) is 8.42 Å². The van der Waals surface area contributed by atoms with Gasteiger partial charge in [0.2, 0.25) is 0 Å². The van der Waals surface area contributed by atoms with Crippen LogP contribution in [0, 0.1) is 0 Å². The Bertz CT molecular complexity index is 311. The van der Waals surface area contributed by atoms with Gasteiger partial charge in [-0.1, -0.05) is 0 Å². The van der Waals surface area contributed by atoms with Crippen LogP contribution in [0.2, 0.25) is 0 Å². The average Bonchev–Trinajstić information content (AvgIpc) is 1.97. The highest BCUT2D eigenvalue weighted by atomic mass is 32.2. The predicted octanol–water partition coefficient (Wildman–Crippen LogP) is 0.191. The molecule has 0 saturated carbocycles. The van der Waals surface area contributed by atoms with E-state index in [1.165, 1.54) is 13.8 Å². The van der Waals surface area contributed by atoms with Crippen molar-refractivity contribution in [2.24, 2.45) is 0 Å². The molecule has 7 heteroatoms. The molecule has 0 aromatic heterocycles. The number of sulfone groups is 1. The molecule has 0 bridgehead atoms. The smallest absolute Gasteiger partial charge is 0.315 e. The Morgan fingerprint density at radius 3 is 2.14 bits per heavy atom. The fourth-order valence-corrected chi connectivity index (χ4v) is 0.843. The van der Waals surface area contributed by atoms with Crippen molar-refractivity contribution < 1.29 is 22.0 Å². The topological polar surface area (TPSA) is 63.2 Å². The van der Waals surface area contributed by atoms with E-state index in [4.69, 9.17) is 0 Å². The minimum Gasteiger partial charge on any atom is -0.350 e. The van der Waals surface area contributed by atoms with Crippen LogP contribution < -0.4 is 5.32 Å². The molecule has 0 saturated heterocycles. The maximum atomic E-state index is 11.7. The Labute approximate surface area is 81.6 Å². The summed E-state index contributed by atoms with van der Waals surface area (Å²) in [6.07, 6.45) is -2.13. The van der Waals surface area contributed by atoms with Crippen molar-refractivity contribution in [3.05, 3.63) is 0 Å². The van der Waals surface area contributed by atoms with Crippen molar-refractivity contribution in [1.82, 2.24) is 5.32 Å². The zero-order valence-electron chi connectivity index (χ0n) is 8.17. The minimum absolute atomic E-state index is 0.324. The van der Waals surface area contributed by atoms with E-state index in [1.807, 2.05) is 5.32 Å². The molecule has 0 radical (unpaired) electrons. The monoisotopic (exact) mass is 229 g/mol. The largest absolute Gasteiger partial charge is 0.350 e. The van der Waals surface area contributed by atoms with Gasteiger partial charge < -0.3 is 5.32 Å². The van der Waals surface area contributed by atoms with Gasteiger partial charge in [0.05, 0.1) is 4.75 Å². The lowest BCUT2D eigenvalue weighted by Crippen LogP contribution is -2.45. The summed E-state index contributed by atoms with van der Waals surface area (Å²) in [5, 5.41) is 1.86. The van der Waals surface area contributed by atoms with Crippen LogP contribution >= 0.6 is 0 Å². The number of hydrogen-bond donors (Lipinski definition) is 1. The number of nitrogens with one attached hydrogen (secondary N) is 1. The van der Waals surface area contributed by atoms with E-state index in [-0.39, 0.29) is 6.54 Å². The summed E-state index contributed by atoms with van der Waals surface area (Å²) >= 11 is 0. The number of rotatable bonds is 4. The molecule has 0 fully saturated rings. The van der Waals surface area contributed by atoms with Crippen molar-refractivity contribution in [2.45, 2.75) is 25.0 Å². The fraction of sp³-hybridized carbons (Fsp3) is 0.857. The summed E-state index contributed by atoms with van der Waals surface area (Å²) in [6, 6.07) is 0. The van der Waals surface area contributed by atoms with Crippen molar-refractivity contribution in [3.63, 3.8) is 0 Å². The van der Waals surface area contributed by atoms with Crippen LogP contribution in [0.5, 0.6) is 0 Å². The van der Waals surface area contributed by atoms with E-state index in [1.54, 1.807) is 0 Å². The van der Waals surface area contributed by atoms with Gasteiger partial charge >= 0.3 is 6.43 Å². The summed E-state index contributed by atoms with van der Waals surface area (Å²) in [6.45, 7) is 2.39. The maximum Gasteiger partial charge on any atom is 0.315 e. The average molecular weight is 229 g/mol. The van der Waals surface area contributed by atoms with Gasteiger partial charge in [0, 0.05) is 12.8 Å². The summed E-state index contributed by atoms with van der Waals surface area (Å²) in [7, 11) is -3.38. The van der Waals surface area contributed by atoms with Crippen LogP contribution in [0.3, 0.4) is 0 Å². The highest BCUT2D eigenvalue weighted by Gasteiger charge is 2.31. The first-order valence-electron chi connectivity index (χ1n) is 3.83. The van der Waals surface area contributed by atoms with Crippen LogP contribution in [0.4, 0.5) is 8.78 Å². The first-order chi connectivity index (χ1) is 6.08. The number of alkyl halides is 2. The van der Waals surface area contributed by atoms with Crippen molar-refractivity contribution in [2.75, 3.05) is 12.8 Å². The Balaban J connectivity index is 4.35. The molecular weight excluding hydrogens is 216 g/mol. The first-order valence-corrected chi connectivity index (χ1v) is 5.72. The predicted molar refractivity (Wildman–Crippen MR) is 47.9 cm³/mol. The van der Waals surface area contributed by atoms with Gasteiger partial charge in [0.1, 0.15) is 0 Å². The number of carbonyl (C=O) groups excluding carboxylic acids is 1. The lowest BCUT2D eigenvalue weighted by Gasteiger charge is -2.22. The third-order valence-electron chi connectivity index (χ3n) is 1.89. The third kappa shape index (κ3) is 3.57. The van der Waals surface area contributed by atoms with Gasteiger partial charge in [0.25, 0.3) is 5.91 Å². The molecule has 1 amide bonds. The molecule has 0 aromatic carbocycles. The van der Waals surface area contributed by atoms with Crippen LogP contribution in [0.25, 0.3) is 0 Å². The van der Waals surface area contributed by atoms with Gasteiger partial charge in [-0.15, -0.1) is 0 Å². The summed E-state index contributed by atoms with van der Waals surface area (Å²) in [4.78, 5) is 10.5. The normalized spacial score (nSPS) is 13.0. The maximum absolute atomic E-state index is 11.7. The second kappa shape index (κ2) is 4.20. The number of halogens is 2. The highest BCUT2D eigenvalue weighted by molar-refractivity contribution is 7.92. The van der Waals surface area contributed by atoms with Crippen molar-refractivity contribution >= 4 is 15.7 Å². The Morgan fingerprint density at radius 2 is 1.86 bits per heavy atom. The van der Waals surface area contributed by atoms with E-state index in [0.29, 0.717) is 0 Å². The third-order valence-corrected chi connectivity index (χ3v) is 4.04. The quantitative estimate of drug-likeness (QED) is 0.748. The molecule has 0 atom stereocenters. The number of amides is 1. The molecular formula is C7H13F2NO3S. The fourth-order valence-electron chi connectivity index (χ4n) is 0.508. The second-order valence-electron chi connectivity index (χ2n) is 3.55. The summed E-state index contributed by atoms with van der Waals surface area (Å²) < 4.78 is 44.4. The highest BCUT2D eigenvalue weighted by Crippen LogP contribution is 2.13. The van der Waals surface area contributed by atoms with Crippen LogP contribution in [0.15, 0.2) is 0 Å². The van der Waals surface area contributed by atoms with E-state index in [2.05, 4.69) is 0 Å². The van der Waals surface area contributed by atoms with E-state index in [0.717, 1.165) is 6.26 Å².